The van der Waals surface area contributed by atoms with Crippen molar-refractivity contribution < 1.29 is 18.3 Å². The third-order valence-electron chi connectivity index (χ3n) is 5.62. The number of carbonyl (C=O) groups is 1. The Morgan fingerprint density at radius 1 is 1.16 bits per heavy atom. The monoisotopic (exact) mass is 468 g/mol. The average Bonchev–Trinajstić information content (AvgIpc) is 3.48. The quantitative estimate of drug-likeness (QED) is 0.483. The van der Waals surface area contributed by atoms with Gasteiger partial charge in [-0.2, -0.15) is 17.6 Å². The number of rotatable bonds is 5. The first-order chi connectivity index (χ1) is 15.3. The van der Waals surface area contributed by atoms with Crippen molar-refractivity contribution in [2.45, 2.75) is 36.9 Å². The number of aliphatic hydroxyl groups is 1. The van der Waals surface area contributed by atoms with Gasteiger partial charge in [-0.25, -0.2) is 4.98 Å². The van der Waals surface area contributed by atoms with E-state index in [-0.39, 0.29) is 23.9 Å². The number of thiazole rings is 1. The van der Waals surface area contributed by atoms with Crippen LogP contribution in [0.2, 0.25) is 0 Å². The summed E-state index contributed by atoms with van der Waals surface area (Å²) >= 11 is 1.37. The average molecular weight is 469 g/mol. The molecule has 1 N–H and O–H groups in total. The van der Waals surface area contributed by atoms with Crippen molar-refractivity contribution in [3.63, 3.8) is 0 Å². The minimum absolute atomic E-state index is 0.140. The lowest BCUT2D eigenvalue weighted by Gasteiger charge is -2.25. The zero-order valence-corrected chi connectivity index (χ0v) is 18.8. The van der Waals surface area contributed by atoms with E-state index in [9.17, 15) is 18.3 Å². The van der Waals surface area contributed by atoms with Gasteiger partial charge in [0.15, 0.2) is 0 Å². The predicted octanol–water partition coefficient (Wildman–Crippen LogP) is 2.74. The van der Waals surface area contributed by atoms with E-state index in [1.165, 1.54) is 23.6 Å². The van der Waals surface area contributed by atoms with Gasteiger partial charge in [-0.15, -0.1) is 11.3 Å². The summed E-state index contributed by atoms with van der Waals surface area (Å²) in [5.41, 5.74) is 4.38. The molecule has 1 aliphatic heterocycles. The highest BCUT2D eigenvalue weighted by Crippen LogP contribution is 2.30. The van der Waals surface area contributed by atoms with Gasteiger partial charge in [0.2, 0.25) is 5.91 Å². The van der Waals surface area contributed by atoms with Crippen molar-refractivity contribution in [3.05, 3.63) is 77.1 Å². The molecule has 3 heterocycles. The maximum atomic E-state index is 13.2. The van der Waals surface area contributed by atoms with Gasteiger partial charge in [0.25, 0.3) is 10.0 Å². The van der Waals surface area contributed by atoms with Crippen LogP contribution in [0.15, 0.2) is 65.1 Å². The highest BCUT2D eigenvalue weighted by Gasteiger charge is 2.35. The zero-order valence-electron chi connectivity index (χ0n) is 17.1. The van der Waals surface area contributed by atoms with E-state index in [0.29, 0.717) is 11.3 Å². The lowest BCUT2D eigenvalue weighted by Crippen LogP contribution is -2.36. The first-order valence-corrected chi connectivity index (χ1v) is 12.3. The predicted molar refractivity (Wildman–Crippen MR) is 120 cm³/mol. The van der Waals surface area contributed by atoms with Crippen LogP contribution in [0.25, 0.3) is 10.2 Å². The highest BCUT2D eigenvalue weighted by molar-refractivity contribution is 7.89. The molecule has 0 unspecified atom stereocenters. The lowest BCUT2D eigenvalue weighted by molar-refractivity contribution is -0.135. The Bertz CT molecular complexity index is 1390. The van der Waals surface area contributed by atoms with Crippen molar-refractivity contribution >= 4 is 37.5 Å². The molecule has 0 bridgehead atoms. The van der Waals surface area contributed by atoms with E-state index in [0.717, 1.165) is 19.9 Å². The number of fused-ring (bicyclic) bond motifs is 2. The van der Waals surface area contributed by atoms with Crippen molar-refractivity contribution in [2.75, 3.05) is 0 Å². The van der Waals surface area contributed by atoms with E-state index in [1.54, 1.807) is 29.5 Å². The van der Waals surface area contributed by atoms with E-state index in [1.807, 2.05) is 30.3 Å². The summed E-state index contributed by atoms with van der Waals surface area (Å²) < 4.78 is 27.9. The number of carbonyl (C=O) groups excluding carboxylic acids is 1. The minimum atomic E-state index is -3.86. The SMILES string of the molecule is C[C@@H](O)[C@@H](C(=O)N1Cc2cn(S(=O)(=O)c3ccc4ncsc4c3)nc2C1)c1ccccc1. The smallest absolute Gasteiger partial charge is 0.283 e. The molecule has 0 aliphatic carbocycles. The molecule has 1 aliphatic rings. The van der Waals surface area contributed by atoms with Crippen molar-refractivity contribution in [1.29, 1.82) is 0 Å². The van der Waals surface area contributed by atoms with Gasteiger partial charge in [-0.05, 0) is 30.7 Å². The maximum absolute atomic E-state index is 13.2. The summed E-state index contributed by atoms with van der Waals surface area (Å²) in [5.74, 6) is -0.906. The third-order valence-corrected chi connectivity index (χ3v) is 7.94. The second-order valence-electron chi connectivity index (χ2n) is 7.78. The van der Waals surface area contributed by atoms with Crippen LogP contribution in [0.5, 0.6) is 0 Å². The Kier molecular flexibility index (Phi) is 5.07. The van der Waals surface area contributed by atoms with E-state index in [2.05, 4.69) is 10.1 Å². The third kappa shape index (κ3) is 3.50. The van der Waals surface area contributed by atoms with E-state index >= 15 is 0 Å². The van der Waals surface area contributed by atoms with Crippen LogP contribution in [0.1, 0.15) is 29.7 Å². The zero-order chi connectivity index (χ0) is 22.5. The van der Waals surface area contributed by atoms with Crippen LogP contribution >= 0.6 is 11.3 Å². The van der Waals surface area contributed by atoms with Crippen LogP contribution in [0, 0.1) is 0 Å². The Morgan fingerprint density at radius 2 is 1.94 bits per heavy atom. The minimum Gasteiger partial charge on any atom is -0.392 e. The van der Waals surface area contributed by atoms with Crippen LogP contribution in [-0.4, -0.2) is 44.6 Å². The fourth-order valence-corrected chi connectivity index (χ4v) is 5.98. The normalized spacial score (nSPS) is 15.6. The largest absolute Gasteiger partial charge is 0.392 e. The van der Waals surface area contributed by atoms with Crippen LogP contribution in [0.3, 0.4) is 0 Å². The molecule has 0 spiro atoms. The molecule has 2 atom stereocenters. The Balaban J connectivity index is 1.39. The van der Waals surface area contributed by atoms with E-state index < -0.39 is 22.0 Å². The second-order valence-corrected chi connectivity index (χ2v) is 10.5. The maximum Gasteiger partial charge on any atom is 0.283 e. The molecule has 2 aromatic carbocycles. The van der Waals surface area contributed by atoms with Gasteiger partial charge in [-0.1, -0.05) is 30.3 Å². The summed E-state index contributed by atoms with van der Waals surface area (Å²) in [6.07, 6.45) is 0.606. The molecular formula is C22H20N4O4S2. The first-order valence-electron chi connectivity index (χ1n) is 10.0. The summed E-state index contributed by atoms with van der Waals surface area (Å²) in [7, 11) is -3.86. The molecule has 2 aromatic heterocycles. The molecule has 164 valence electrons. The fourth-order valence-electron chi connectivity index (χ4n) is 3.99. The van der Waals surface area contributed by atoms with Gasteiger partial charge in [0.05, 0.1) is 44.9 Å². The van der Waals surface area contributed by atoms with Crippen molar-refractivity contribution in [3.8, 4) is 0 Å². The van der Waals surface area contributed by atoms with Crippen molar-refractivity contribution in [1.82, 2.24) is 19.1 Å². The number of amides is 1. The van der Waals surface area contributed by atoms with Gasteiger partial charge in [0, 0.05) is 18.3 Å². The van der Waals surface area contributed by atoms with Gasteiger partial charge in [0.1, 0.15) is 0 Å². The Morgan fingerprint density at radius 3 is 2.66 bits per heavy atom. The van der Waals surface area contributed by atoms with E-state index in [4.69, 9.17) is 0 Å². The molecule has 0 saturated heterocycles. The van der Waals surface area contributed by atoms with Crippen LogP contribution in [-0.2, 0) is 27.9 Å². The number of aromatic nitrogens is 3. The fraction of sp³-hybridized carbons (Fsp3) is 0.227. The number of nitrogens with zero attached hydrogens (tertiary/aromatic N) is 4. The Hall–Kier alpha value is -3.08. The van der Waals surface area contributed by atoms with Crippen LogP contribution < -0.4 is 0 Å². The van der Waals surface area contributed by atoms with Crippen LogP contribution in [0.4, 0.5) is 0 Å². The van der Waals surface area contributed by atoms with Crippen molar-refractivity contribution in [2.24, 2.45) is 0 Å². The molecule has 5 rings (SSSR count). The number of aliphatic hydroxyl groups excluding tert-OH is 1. The summed E-state index contributed by atoms with van der Waals surface area (Å²) in [6.45, 7) is 2.03. The van der Waals surface area contributed by atoms with Gasteiger partial charge < -0.3 is 10.0 Å². The topological polar surface area (TPSA) is 105 Å². The molecule has 0 radical (unpaired) electrons. The number of hydrogen-bond donors (Lipinski definition) is 1. The van der Waals surface area contributed by atoms with Gasteiger partial charge >= 0.3 is 0 Å². The standard InChI is InChI=1S/C22H20N4O4S2/c1-14(27)21(15-5-3-2-4-6-15)22(28)25-10-16-11-26(24-19(16)12-25)32(29,30)17-7-8-18-20(9-17)31-13-23-18/h2-9,11,13-14,21,27H,10,12H2,1H3/t14-,21-/m1/s1. The molecule has 1 amide bonds. The second kappa shape index (κ2) is 7.80. The molecular weight excluding hydrogens is 448 g/mol. The molecule has 0 saturated carbocycles. The molecule has 4 aromatic rings. The summed E-state index contributed by atoms with van der Waals surface area (Å²) in [6, 6.07) is 13.9. The molecule has 32 heavy (non-hydrogen) atoms. The molecule has 10 heteroatoms. The first kappa shape index (κ1) is 20.8. The number of benzene rings is 2. The summed E-state index contributed by atoms with van der Waals surface area (Å²) in [4.78, 5) is 19.1. The molecule has 8 nitrogen and oxygen atoms in total. The highest BCUT2D eigenvalue weighted by atomic mass is 32.2. The number of hydrogen-bond acceptors (Lipinski definition) is 7. The lowest BCUT2D eigenvalue weighted by atomic mass is 9.93. The molecule has 0 fully saturated rings. The summed E-state index contributed by atoms with van der Waals surface area (Å²) in [5, 5.41) is 14.5. The van der Waals surface area contributed by atoms with Gasteiger partial charge in [-0.3, -0.25) is 4.79 Å². The Labute approximate surface area is 188 Å².